The van der Waals surface area contributed by atoms with Crippen LogP contribution in [0.5, 0.6) is 5.75 Å². The number of nitriles is 1. The summed E-state index contributed by atoms with van der Waals surface area (Å²) in [5.41, 5.74) is 2.12. The highest BCUT2D eigenvalue weighted by Crippen LogP contribution is 2.24. The molecule has 9 nitrogen and oxygen atoms in total. The molecular formula is C21H22F3N5O4. The predicted molar refractivity (Wildman–Crippen MR) is 112 cm³/mol. The van der Waals surface area contributed by atoms with Crippen molar-refractivity contribution in [3.05, 3.63) is 53.9 Å². The summed E-state index contributed by atoms with van der Waals surface area (Å²) in [6.07, 6.45) is -2.57. The summed E-state index contributed by atoms with van der Waals surface area (Å²) in [5.74, 6) is -1.96. The molecule has 2 atom stereocenters. The Bertz CT molecular complexity index is 975. The molecule has 0 saturated carbocycles. The van der Waals surface area contributed by atoms with Crippen molar-refractivity contribution in [3.63, 3.8) is 0 Å². The van der Waals surface area contributed by atoms with E-state index < -0.39 is 12.1 Å². The highest BCUT2D eigenvalue weighted by atomic mass is 19.4. The summed E-state index contributed by atoms with van der Waals surface area (Å²) in [6, 6.07) is 12.4. The maximum absolute atomic E-state index is 12.4. The highest BCUT2D eigenvalue weighted by molar-refractivity contribution is 5.89. The molecule has 3 rings (SSSR count). The SMILES string of the molecule is COc1ccc([C@@H]2CNCC[C@H]2NC(=O)Nc2ccc(C#N)cc2)nc1.O=C(O)C(F)(F)F. The minimum Gasteiger partial charge on any atom is -0.495 e. The van der Waals surface area contributed by atoms with E-state index >= 15 is 0 Å². The number of urea groups is 1. The van der Waals surface area contributed by atoms with Gasteiger partial charge in [0.15, 0.2) is 0 Å². The van der Waals surface area contributed by atoms with Crippen LogP contribution in [0.3, 0.4) is 0 Å². The molecule has 0 aliphatic carbocycles. The number of aliphatic carboxylic acids is 1. The lowest BCUT2D eigenvalue weighted by Crippen LogP contribution is -2.49. The first-order valence-electron chi connectivity index (χ1n) is 9.72. The average Bonchev–Trinajstić information content (AvgIpc) is 2.80. The van der Waals surface area contributed by atoms with Crippen molar-refractivity contribution >= 4 is 17.7 Å². The third-order valence-corrected chi connectivity index (χ3v) is 4.69. The quantitative estimate of drug-likeness (QED) is 0.545. The van der Waals surface area contributed by atoms with Gasteiger partial charge in [-0.25, -0.2) is 9.59 Å². The van der Waals surface area contributed by atoms with E-state index in [2.05, 4.69) is 27.0 Å². The van der Waals surface area contributed by atoms with Gasteiger partial charge in [0.25, 0.3) is 0 Å². The molecule has 2 aromatic rings. The lowest BCUT2D eigenvalue weighted by atomic mass is 9.90. The van der Waals surface area contributed by atoms with Gasteiger partial charge in [-0.3, -0.25) is 4.98 Å². The Morgan fingerprint density at radius 1 is 1.24 bits per heavy atom. The second-order valence-corrected chi connectivity index (χ2v) is 6.92. The third kappa shape index (κ3) is 7.97. The molecule has 1 aromatic heterocycles. The molecule has 1 aliphatic heterocycles. The maximum Gasteiger partial charge on any atom is 0.490 e. The number of ether oxygens (including phenoxy) is 1. The van der Waals surface area contributed by atoms with E-state index in [0.29, 0.717) is 17.0 Å². The van der Waals surface area contributed by atoms with Gasteiger partial charge in [0.05, 0.1) is 24.9 Å². The fraction of sp³-hybridized carbons (Fsp3) is 0.333. The number of halogens is 3. The number of carboxylic acid groups (broad SMARTS) is 1. The standard InChI is InChI=1S/C19H21N5O2.C2HF3O2/c1-26-15-6-7-17(22-11-15)16-12-21-9-8-18(16)24-19(25)23-14-4-2-13(10-20)3-5-14;3-2(4,5)1(6)7/h2-7,11,16,18,21H,8-9,12H2,1H3,(H2,23,24,25);(H,6,7)/t16-,18+;/m0./s1. The van der Waals surface area contributed by atoms with Crippen LogP contribution in [0, 0.1) is 11.3 Å². The zero-order chi connectivity index (χ0) is 24.4. The van der Waals surface area contributed by atoms with Gasteiger partial charge >= 0.3 is 18.2 Å². The van der Waals surface area contributed by atoms with E-state index in [1.807, 2.05) is 12.1 Å². The van der Waals surface area contributed by atoms with Gasteiger partial charge in [-0.1, -0.05) is 0 Å². The number of piperidine rings is 1. The molecule has 4 N–H and O–H groups in total. The molecular weight excluding hydrogens is 443 g/mol. The second kappa shape index (κ2) is 11.7. The minimum atomic E-state index is -5.08. The number of alkyl halides is 3. The zero-order valence-corrected chi connectivity index (χ0v) is 17.5. The van der Waals surface area contributed by atoms with E-state index in [0.717, 1.165) is 25.2 Å². The lowest BCUT2D eigenvalue weighted by molar-refractivity contribution is -0.192. The normalized spacial score (nSPS) is 17.5. The van der Waals surface area contributed by atoms with E-state index in [1.54, 1.807) is 37.6 Å². The number of amides is 2. The molecule has 33 heavy (non-hydrogen) atoms. The number of anilines is 1. The van der Waals surface area contributed by atoms with Crippen molar-refractivity contribution in [2.24, 2.45) is 0 Å². The second-order valence-electron chi connectivity index (χ2n) is 6.92. The molecule has 1 aliphatic rings. The number of aromatic nitrogens is 1. The van der Waals surface area contributed by atoms with Gasteiger partial charge in [0, 0.05) is 29.9 Å². The predicted octanol–water partition coefficient (Wildman–Crippen LogP) is 2.86. The number of nitrogens with zero attached hydrogens (tertiary/aromatic N) is 2. The molecule has 0 spiro atoms. The first kappa shape index (κ1) is 25.4. The zero-order valence-electron chi connectivity index (χ0n) is 17.5. The number of methoxy groups -OCH3 is 1. The van der Waals surface area contributed by atoms with Crippen molar-refractivity contribution in [2.75, 3.05) is 25.5 Å². The number of rotatable bonds is 4. The first-order chi connectivity index (χ1) is 15.6. The molecule has 1 fully saturated rings. The Morgan fingerprint density at radius 2 is 1.91 bits per heavy atom. The van der Waals surface area contributed by atoms with Crippen LogP contribution in [0.4, 0.5) is 23.7 Å². The number of carbonyl (C=O) groups is 2. The number of hydrogen-bond donors (Lipinski definition) is 4. The van der Waals surface area contributed by atoms with Crippen molar-refractivity contribution in [1.82, 2.24) is 15.6 Å². The fourth-order valence-corrected chi connectivity index (χ4v) is 3.04. The van der Waals surface area contributed by atoms with Crippen LogP contribution in [0.15, 0.2) is 42.6 Å². The van der Waals surface area contributed by atoms with Gasteiger partial charge in [-0.05, 0) is 49.4 Å². The highest BCUT2D eigenvalue weighted by Gasteiger charge is 2.38. The Balaban J connectivity index is 0.000000479. The van der Waals surface area contributed by atoms with E-state index in [1.165, 1.54) is 0 Å². The van der Waals surface area contributed by atoms with Crippen LogP contribution in [-0.2, 0) is 4.79 Å². The van der Waals surface area contributed by atoms with Crippen LogP contribution < -0.4 is 20.7 Å². The van der Waals surface area contributed by atoms with Gasteiger partial charge in [0.2, 0.25) is 0 Å². The van der Waals surface area contributed by atoms with E-state index in [4.69, 9.17) is 19.9 Å². The monoisotopic (exact) mass is 465 g/mol. The average molecular weight is 465 g/mol. The number of benzene rings is 1. The van der Waals surface area contributed by atoms with Crippen LogP contribution in [-0.4, -0.2) is 54.5 Å². The molecule has 0 bridgehead atoms. The largest absolute Gasteiger partial charge is 0.495 e. The van der Waals surface area contributed by atoms with Gasteiger partial charge < -0.3 is 25.8 Å². The number of carboxylic acids is 1. The van der Waals surface area contributed by atoms with Crippen molar-refractivity contribution < 1.29 is 32.6 Å². The van der Waals surface area contributed by atoms with Gasteiger partial charge in [-0.2, -0.15) is 18.4 Å². The smallest absolute Gasteiger partial charge is 0.490 e. The summed E-state index contributed by atoms with van der Waals surface area (Å²) >= 11 is 0. The number of pyridine rings is 1. The Kier molecular flexibility index (Phi) is 8.99. The third-order valence-electron chi connectivity index (χ3n) is 4.69. The van der Waals surface area contributed by atoms with Gasteiger partial charge in [0.1, 0.15) is 5.75 Å². The van der Waals surface area contributed by atoms with E-state index in [-0.39, 0.29) is 18.0 Å². The lowest BCUT2D eigenvalue weighted by Gasteiger charge is -2.32. The van der Waals surface area contributed by atoms with Crippen LogP contribution in [0.2, 0.25) is 0 Å². The van der Waals surface area contributed by atoms with Gasteiger partial charge in [-0.15, -0.1) is 0 Å². The number of nitrogens with one attached hydrogen (secondary N) is 3. The molecule has 0 unspecified atom stereocenters. The number of hydrogen-bond acceptors (Lipinski definition) is 6. The Morgan fingerprint density at radius 3 is 2.42 bits per heavy atom. The first-order valence-corrected chi connectivity index (χ1v) is 9.72. The maximum atomic E-state index is 12.4. The van der Waals surface area contributed by atoms with E-state index in [9.17, 15) is 18.0 Å². The molecule has 1 aromatic carbocycles. The van der Waals surface area contributed by atoms with Crippen LogP contribution >= 0.6 is 0 Å². The summed E-state index contributed by atoms with van der Waals surface area (Å²) in [5, 5.41) is 25.2. The molecule has 1 saturated heterocycles. The van der Waals surface area contributed by atoms with Crippen molar-refractivity contribution in [3.8, 4) is 11.8 Å². The minimum absolute atomic E-state index is 0.0180. The summed E-state index contributed by atoms with van der Waals surface area (Å²) in [4.78, 5) is 25.7. The van der Waals surface area contributed by atoms with Crippen LogP contribution in [0.1, 0.15) is 23.6 Å². The Hall–Kier alpha value is -3.85. The molecule has 12 heteroatoms. The van der Waals surface area contributed by atoms with Crippen LogP contribution in [0.25, 0.3) is 0 Å². The summed E-state index contributed by atoms with van der Waals surface area (Å²) in [6.45, 7) is 1.59. The molecule has 176 valence electrons. The molecule has 0 radical (unpaired) electrons. The number of carbonyl (C=O) groups excluding carboxylic acids is 1. The fourth-order valence-electron chi connectivity index (χ4n) is 3.04. The van der Waals surface area contributed by atoms with Crippen molar-refractivity contribution in [2.45, 2.75) is 24.6 Å². The topological polar surface area (TPSA) is 136 Å². The molecule has 2 heterocycles. The van der Waals surface area contributed by atoms with Crippen molar-refractivity contribution in [1.29, 1.82) is 5.26 Å². The summed E-state index contributed by atoms with van der Waals surface area (Å²) in [7, 11) is 1.61. The summed E-state index contributed by atoms with van der Waals surface area (Å²) < 4.78 is 36.9. The molecule has 2 amide bonds. The Labute approximate surface area is 187 Å².